The Bertz CT molecular complexity index is 1440. The first-order valence-electron chi connectivity index (χ1n) is 14.4. The number of hydrogen-bond donors (Lipinski definition) is 3. The van der Waals surface area contributed by atoms with Crippen molar-refractivity contribution in [1.82, 2.24) is 20.2 Å². The summed E-state index contributed by atoms with van der Waals surface area (Å²) in [7, 11) is 3.77. The van der Waals surface area contributed by atoms with Crippen molar-refractivity contribution in [1.29, 1.82) is 0 Å². The van der Waals surface area contributed by atoms with E-state index >= 15 is 0 Å². The lowest BCUT2D eigenvalue weighted by molar-refractivity contribution is -0.111. The topological polar surface area (TPSA) is 124 Å². The fraction of sp³-hybridized carbons (Fsp3) is 0.355. The van der Waals surface area contributed by atoms with Crippen molar-refractivity contribution >= 4 is 46.3 Å². The van der Waals surface area contributed by atoms with Crippen LogP contribution in [-0.4, -0.2) is 86.4 Å². The summed E-state index contributed by atoms with van der Waals surface area (Å²) < 4.78 is 11.2. The van der Waals surface area contributed by atoms with Crippen LogP contribution >= 0.6 is 0 Å². The number of methoxy groups -OCH3 is 1. The molecule has 3 amide bonds. The number of rotatable bonds is 9. The first-order chi connectivity index (χ1) is 20.9. The quantitative estimate of drug-likeness (QED) is 0.318. The minimum absolute atomic E-state index is 0.0325. The van der Waals surface area contributed by atoms with Crippen molar-refractivity contribution in [3.63, 3.8) is 0 Å². The average molecular weight is 587 g/mol. The van der Waals surface area contributed by atoms with Gasteiger partial charge in [-0.2, -0.15) is 0 Å². The number of aromatic nitrogens is 2. The summed E-state index contributed by atoms with van der Waals surface area (Å²) in [5.41, 5.74) is 2.87. The molecule has 0 spiro atoms. The molecular weight excluding hydrogens is 548 g/mol. The molecule has 0 aliphatic carbocycles. The van der Waals surface area contributed by atoms with E-state index in [0.29, 0.717) is 42.0 Å². The summed E-state index contributed by atoms with van der Waals surface area (Å²) in [6, 6.07) is 14.4. The summed E-state index contributed by atoms with van der Waals surface area (Å²) in [6.07, 6.45) is 4.03. The van der Waals surface area contributed by atoms with Gasteiger partial charge in [0.1, 0.15) is 23.7 Å². The van der Waals surface area contributed by atoms with Gasteiger partial charge in [0.15, 0.2) is 0 Å². The number of carbonyl (C=O) groups excluding carboxylic acids is 2. The molecule has 1 aromatic heterocycles. The lowest BCUT2D eigenvalue weighted by atomic mass is 10.1. The Hall–Kier alpha value is -4.68. The lowest BCUT2D eigenvalue weighted by Crippen LogP contribution is -2.45. The van der Waals surface area contributed by atoms with Gasteiger partial charge in [-0.25, -0.2) is 19.7 Å². The van der Waals surface area contributed by atoms with Gasteiger partial charge >= 0.3 is 6.03 Å². The first kappa shape index (κ1) is 29.8. The molecule has 2 aliphatic heterocycles. The van der Waals surface area contributed by atoms with E-state index < -0.39 is 0 Å². The predicted molar refractivity (Wildman–Crippen MR) is 168 cm³/mol. The second kappa shape index (κ2) is 14.0. The van der Waals surface area contributed by atoms with Gasteiger partial charge in [0, 0.05) is 68.9 Å². The molecule has 0 unspecified atom stereocenters. The summed E-state index contributed by atoms with van der Waals surface area (Å²) in [5.74, 6) is 1.16. The fourth-order valence-corrected chi connectivity index (χ4v) is 5.07. The molecule has 0 saturated carbocycles. The molecule has 43 heavy (non-hydrogen) atoms. The van der Waals surface area contributed by atoms with Gasteiger partial charge < -0.3 is 35.2 Å². The van der Waals surface area contributed by atoms with Crippen LogP contribution in [0.25, 0.3) is 0 Å². The summed E-state index contributed by atoms with van der Waals surface area (Å²) in [5, 5.41) is 9.19. The summed E-state index contributed by atoms with van der Waals surface area (Å²) >= 11 is 0. The first-order valence-corrected chi connectivity index (χ1v) is 14.4. The van der Waals surface area contributed by atoms with Gasteiger partial charge in [0.2, 0.25) is 5.91 Å². The molecule has 3 N–H and O–H groups in total. The average Bonchev–Trinajstić information content (AvgIpc) is 3.02. The number of urea groups is 1. The Kier molecular flexibility index (Phi) is 9.70. The van der Waals surface area contributed by atoms with Crippen molar-refractivity contribution in [2.24, 2.45) is 0 Å². The molecule has 12 nitrogen and oxygen atoms in total. The molecule has 0 bridgehead atoms. The standard InChI is InChI=1S/C31H38N8O4/c1-4-30(40)34-23-6-5-7-25(18-23)39(31(41)35-22-10-16-43-17-11-22)29-20-28(32-21-33-29)36-26-9-8-24(19-27(26)42-3)38-14-12-37(2)13-15-38/h4-9,18-22H,1,10-17H2,2-3H3,(H,34,40)(H,35,41)(H,32,33,36). The van der Waals surface area contributed by atoms with Gasteiger partial charge in [-0.05, 0) is 56.3 Å². The number of benzene rings is 2. The van der Waals surface area contributed by atoms with Crippen LogP contribution in [0.4, 0.5) is 39.2 Å². The van der Waals surface area contributed by atoms with Crippen molar-refractivity contribution in [3.8, 4) is 5.75 Å². The summed E-state index contributed by atoms with van der Waals surface area (Å²) in [6.45, 7) is 8.60. The second-order valence-electron chi connectivity index (χ2n) is 10.5. The molecule has 3 aromatic rings. The molecule has 3 heterocycles. The van der Waals surface area contributed by atoms with Crippen LogP contribution in [0.1, 0.15) is 12.8 Å². The third-order valence-corrected chi connectivity index (χ3v) is 7.51. The van der Waals surface area contributed by atoms with Crippen LogP contribution in [0.3, 0.4) is 0 Å². The van der Waals surface area contributed by atoms with E-state index in [1.165, 1.54) is 17.3 Å². The van der Waals surface area contributed by atoms with Gasteiger partial charge in [-0.1, -0.05) is 12.6 Å². The SMILES string of the molecule is C=CC(=O)Nc1cccc(N(C(=O)NC2CCOCC2)c2cc(Nc3ccc(N4CCN(C)CC4)cc3OC)ncn2)c1. The highest BCUT2D eigenvalue weighted by Crippen LogP contribution is 2.34. The third-order valence-electron chi connectivity index (χ3n) is 7.51. The van der Waals surface area contributed by atoms with Crippen LogP contribution in [0.5, 0.6) is 5.75 Å². The Balaban J connectivity index is 1.42. The second-order valence-corrected chi connectivity index (χ2v) is 10.5. The van der Waals surface area contributed by atoms with Crippen molar-refractivity contribution in [2.45, 2.75) is 18.9 Å². The lowest BCUT2D eigenvalue weighted by Gasteiger charge is -2.34. The van der Waals surface area contributed by atoms with E-state index in [9.17, 15) is 9.59 Å². The minimum atomic E-state index is -0.350. The molecule has 2 aliphatic rings. The van der Waals surface area contributed by atoms with E-state index in [2.05, 4.69) is 55.4 Å². The number of likely N-dealkylation sites (N-methyl/N-ethyl adjacent to an activating group) is 1. The number of amides is 3. The maximum atomic E-state index is 13.7. The fourth-order valence-electron chi connectivity index (χ4n) is 5.07. The zero-order valence-electron chi connectivity index (χ0n) is 24.6. The van der Waals surface area contributed by atoms with E-state index in [-0.39, 0.29) is 18.0 Å². The Morgan fingerprint density at radius 2 is 1.86 bits per heavy atom. The van der Waals surface area contributed by atoms with E-state index in [0.717, 1.165) is 50.4 Å². The van der Waals surface area contributed by atoms with Crippen LogP contribution in [-0.2, 0) is 9.53 Å². The number of piperazine rings is 1. The van der Waals surface area contributed by atoms with E-state index in [1.54, 1.807) is 37.4 Å². The molecule has 2 saturated heterocycles. The van der Waals surface area contributed by atoms with E-state index in [4.69, 9.17) is 9.47 Å². The van der Waals surface area contributed by atoms with E-state index in [1.807, 2.05) is 12.1 Å². The predicted octanol–water partition coefficient (Wildman–Crippen LogP) is 4.13. The van der Waals surface area contributed by atoms with Crippen LogP contribution in [0, 0.1) is 0 Å². The molecule has 2 fully saturated rings. The van der Waals surface area contributed by atoms with Crippen LogP contribution < -0.4 is 30.5 Å². The monoisotopic (exact) mass is 586 g/mol. The molecule has 0 atom stereocenters. The highest BCUT2D eigenvalue weighted by molar-refractivity contribution is 6.02. The normalized spacial score (nSPS) is 15.8. The molecule has 2 aromatic carbocycles. The van der Waals surface area contributed by atoms with Crippen molar-refractivity contribution < 1.29 is 19.1 Å². The van der Waals surface area contributed by atoms with Gasteiger partial charge in [0.05, 0.1) is 18.5 Å². The number of ether oxygens (including phenoxy) is 2. The Morgan fingerprint density at radius 1 is 1.07 bits per heavy atom. The third kappa shape index (κ3) is 7.59. The maximum absolute atomic E-state index is 13.7. The molecular formula is C31H38N8O4. The molecule has 12 heteroatoms. The van der Waals surface area contributed by atoms with Gasteiger partial charge in [-0.15, -0.1) is 0 Å². The highest BCUT2D eigenvalue weighted by atomic mass is 16.5. The molecule has 226 valence electrons. The zero-order chi connectivity index (χ0) is 30.2. The van der Waals surface area contributed by atoms with Crippen molar-refractivity contribution in [2.75, 3.05) is 74.0 Å². The largest absolute Gasteiger partial charge is 0.494 e. The minimum Gasteiger partial charge on any atom is -0.494 e. The molecule has 5 rings (SSSR count). The number of nitrogens with one attached hydrogen (secondary N) is 3. The smallest absolute Gasteiger partial charge is 0.327 e. The summed E-state index contributed by atoms with van der Waals surface area (Å²) in [4.78, 5) is 40.7. The Morgan fingerprint density at radius 3 is 2.60 bits per heavy atom. The molecule has 0 radical (unpaired) electrons. The number of anilines is 6. The van der Waals surface area contributed by atoms with Gasteiger partial charge in [-0.3, -0.25) is 4.79 Å². The van der Waals surface area contributed by atoms with Gasteiger partial charge in [0.25, 0.3) is 0 Å². The Labute approximate surface area is 251 Å². The van der Waals surface area contributed by atoms with Crippen LogP contribution in [0.2, 0.25) is 0 Å². The number of nitrogens with zero attached hydrogens (tertiary/aromatic N) is 5. The highest BCUT2D eigenvalue weighted by Gasteiger charge is 2.25. The van der Waals surface area contributed by atoms with Crippen LogP contribution in [0.15, 0.2) is 67.5 Å². The maximum Gasteiger partial charge on any atom is 0.327 e. The zero-order valence-corrected chi connectivity index (χ0v) is 24.6. The number of hydrogen-bond acceptors (Lipinski definition) is 9. The number of carbonyl (C=O) groups is 2. The van der Waals surface area contributed by atoms with Crippen molar-refractivity contribution in [3.05, 3.63) is 67.5 Å².